The number of aromatic hydroxyl groups is 2. The first-order valence-electron chi connectivity index (χ1n) is 7.47. The molecule has 6 heteroatoms. The van der Waals surface area contributed by atoms with Gasteiger partial charge in [-0.3, -0.25) is 0 Å². The van der Waals surface area contributed by atoms with Gasteiger partial charge in [0.25, 0.3) is 0 Å². The summed E-state index contributed by atoms with van der Waals surface area (Å²) in [5, 5.41) is 19.1. The molecule has 1 amide bonds. The van der Waals surface area contributed by atoms with Crippen molar-refractivity contribution in [3.8, 4) is 11.5 Å². The first-order chi connectivity index (χ1) is 11.5. The van der Waals surface area contributed by atoms with Crippen LogP contribution in [0.15, 0.2) is 54.2 Å². The van der Waals surface area contributed by atoms with Crippen molar-refractivity contribution in [3.05, 3.63) is 59.8 Å². The van der Waals surface area contributed by atoms with Crippen LogP contribution < -0.4 is 4.90 Å². The first-order valence-corrected chi connectivity index (χ1v) is 8.33. The van der Waals surface area contributed by atoms with Crippen molar-refractivity contribution in [3.63, 3.8) is 0 Å². The molecule has 0 unspecified atom stereocenters. The summed E-state index contributed by atoms with van der Waals surface area (Å²) >= 11 is 2.97. The number of hydrogen-bond acceptors (Lipinski definition) is 4. The number of para-hydroxylation sites is 1. The molecule has 2 aromatic rings. The second-order valence-corrected chi connectivity index (χ2v) is 6.05. The van der Waals surface area contributed by atoms with Gasteiger partial charge in [-0.25, -0.2) is 0 Å². The third kappa shape index (κ3) is 2.82. The molecule has 2 N–H and O–H groups in total. The minimum atomic E-state index is -0.218. The van der Waals surface area contributed by atoms with Gasteiger partial charge in [0, 0.05) is 0 Å². The van der Waals surface area contributed by atoms with Crippen LogP contribution in [0.5, 0.6) is 11.5 Å². The summed E-state index contributed by atoms with van der Waals surface area (Å²) < 4.78 is 0.711. The van der Waals surface area contributed by atoms with Crippen LogP contribution in [0.4, 0.5) is 5.69 Å². The molecule has 0 atom stereocenters. The van der Waals surface area contributed by atoms with Crippen molar-refractivity contribution >= 4 is 37.9 Å². The number of phenols is 2. The van der Waals surface area contributed by atoms with E-state index in [4.69, 9.17) is 0 Å². The van der Waals surface area contributed by atoms with Gasteiger partial charge in [-0.05, 0) is 0 Å². The number of phenolic OH excluding ortho intramolecular Hbond substituents is 2. The maximum atomic E-state index is 12.9. The van der Waals surface area contributed by atoms with Crippen LogP contribution in [0, 0.1) is 0 Å². The Hall–Kier alpha value is -2.56. The van der Waals surface area contributed by atoms with E-state index in [1.54, 1.807) is 17.0 Å². The van der Waals surface area contributed by atoms with Gasteiger partial charge in [-0.15, -0.1) is 0 Å². The zero-order valence-corrected chi connectivity index (χ0v) is 14.7. The van der Waals surface area contributed by atoms with E-state index in [9.17, 15) is 15.0 Å². The molecule has 5 nitrogen and oxygen atoms in total. The van der Waals surface area contributed by atoms with Gasteiger partial charge in [-0.2, -0.15) is 0 Å². The third-order valence-corrected chi connectivity index (χ3v) is 4.61. The van der Waals surface area contributed by atoms with Crippen molar-refractivity contribution < 1.29 is 15.0 Å². The summed E-state index contributed by atoms with van der Waals surface area (Å²) in [6.45, 7) is 2.58. The number of likely N-dealkylation sites (N-methyl/N-ethyl adjacent to an activating group) is 1. The summed E-state index contributed by atoms with van der Waals surface area (Å²) in [5.74, 6) is -0.557. The number of rotatable bonds is 3. The molecule has 1 saturated heterocycles. The van der Waals surface area contributed by atoms with E-state index in [1.165, 1.54) is 12.1 Å². The van der Waals surface area contributed by atoms with E-state index in [-0.39, 0.29) is 17.4 Å². The fourth-order valence-electron chi connectivity index (χ4n) is 2.58. The molecule has 0 radical (unpaired) electrons. The molecule has 2 aromatic carbocycles. The van der Waals surface area contributed by atoms with Gasteiger partial charge in [-0.1, -0.05) is 0 Å². The van der Waals surface area contributed by atoms with Gasteiger partial charge in [0.2, 0.25) is 0 Å². The molecule has 3 rings (SSSR count). The first kappa shape index (κ1) is 16.3. The molecular weight excluding hydrogens is 371 g/mol. The molecular formula is C18H16N2O3Se. The van der Waals surface area contributed by atoms with Crippen molar-refractivity contribution in [1.82, 2.24) is 4.90 Å². The molecule has 0 aromatic heterocycles. The zero-order chi connectivity index (χ0) is 17.3. The fraction of sp³-hybridized carbons (Fsp3) is 0.111. The second kappa shape index (κ2) is 6.51. The number of amides is 1. The van der Waals surface area contributed by atoms with Crippen molar-refractivity contribution in [2.24, 2.45) is 0 Å². The Balaban J connectivity index is 2.03. The Kier molecular flexibility index (Phi) is 4.42. The Morgan fingerprint density at radius 1 is 1.08 bits per heavy atom. The van der Waals surface area contributed by atoms with E-state index < -0.39 is 0 Å². The normalized spacial score (nSPS) is 16.3. The van der Waals surface area contributed by atoms with Crippen LogP contribution in [-0.2, 0) is 4.79 Å². The summed E-state index contributed by atoms with van der Waals surface area (Å²) in [7, 11) is 0. The predicted octanol–water partition coefficient (Wildman–Crippen LogP) is 2.06. The van der Waals surface area contributed by atoms with Gasteiger partial charge in [0.1, 0.15) is 0 Å². The monoisotopic (exact) mass is 388 g/mol. The van der Waals surface area contributed by atoms with Gasteiger partial charge in [0.05, 0.1) is 0 Å². The van der Waals surface area contributed by atoms with Crippen molar-refractivity contribution in [2.75, 3.05) is 11.4 Å². The SMILES string of the molecule is CCN1C(=[Se])N(c2ccccc2)C(=O)/C1=C\c1ccc(O)c(O)c1. The number of anilines is 1. The molecule has 0 aliphatic carbocycles. The molecule has 122 valence electrons. The topological polar surface area (TPSA) is 64.0 Å². The minimum absolute atomic E-state index is 0.149. The Morgan fingerprint density at radius 3 is 2.42 bits per heavy atom. The maximum absolute atomic E-state index is 12.9. The van der Waals surface area contributed by atoms with E-state index in [2.05, 4.69) is 15.6 Å². The Bertz CT molecular complexity index is 833. The molecule has 1 aliphatic rings. The average molecular weight is 387 g/mol. The van der Waals surface area contributed by atoms with Crippen LogP contribution in [0.3, 0.4) is 0 Å². The van der Waals surface area contributed by atoms with Crippen LogP contribution in [0.25, 0.3) is 6.08 Å². The van der Waals surface area contributed by atoms with Gasteiger partial charge < -0.3 is 0 Å². The number of hydrogen-bond donors (Lipinski definition) is 2. The predicted molar refractivity (Wildman–Crippen MR) is 94.8 cm³/mol. The second-order valence-electron chi connectivity index (χ2n) is 5.28. The summed E-state index contributed by atoms with van der Waals surface area (Å²) in [6, 6.07) is 13.9. The third-order valence-electron chi connectivity index (χ3n) is 3.77. The van der Waals surface area contributed by atoms with Crippen LogP contribution in [0.2, 0.25) is 0 Å². The van der Waals surface area contributed by atoms with Gasteiger partial charge in [0.15, 0.2) is 0 Å². The number of carbonyl (C=O) groups is 1. The van der Waals surface area contributed by atoms with Crippen LogP contribution in [-0.4, -0.2) is 47.8 Å². The van der Waals surface area contributed by atoms with Crippen molar-refractivity contribution in [1.29, 1.82) is 0 Å². The number of benzene rings is 2. The Labute approximate surface area is 147 Å². The van der Waals surface area contributed by atoms with E-state index in [1.807, 2.05) is 42.2 Å². The molecule has 24 heavy (non-hydrogen) atoms. The van der Waals surface area contributed by atoms with Crippen LogP contribution in [0.1, 0.15) is 12.5 Å². The molecule has 1 aliphatic heterocycles. The average Bonchev–Trinajstić information content (AvgIpc) is 2.82. The molecule has 0 spiro atoms. The standard InChI is InChI=1S/C18H16N2O3Se/c1-2-19-14(10-12-8-9-15(21)16(22)11-12)17(23)20(18(19)24)13-6-4-3-5-7-13/h3-11,21-22H,2H2,1H3/b14-10+. The number of nitrogens with zero attached hydrogens (tertiary/aromatic N) is 2. The summed E-state index contributed by atoms with van der Waals surface area (Å²) in [5.41, 5.74) is 1.92. The summed E-state index contributed by atoms with van der Waals surface area (Å²) in [6.07, 6.45) is 1.70. The molecule has 1 heterocycles. The van der Waals surface area contributed by atoms with Crippen LogP contribution >= 0.6 is 0 Å². The zero-order valence-electron chi connectivity index (χ0n) is 13.0. The quantitative estimate of drug-likeness (QED) is 0.481. The summed E-state index contributed by atoms with van der Waals surface area (Å²) in [4.78, 5) is 16.4. The van der Waals surface area contributed by atoms with Gasteiger partial charge >= 0.3 is 147 Å². The molecule has 1 fully saturated rings. The number of carbonyl (C=O) groups excluding carboxylic acids is 1. The molecule has 0 saturated carbocycles. The molecule has 0 bridgehead atoms. The van der Waals surface area contributed by atoms with Crippen molar-refractivity contribution in [2.45, 2.75) is 6.92 Å². The Morgan fingerprint density at radius 2 is 1.79 bits per heavy atom. The fourth-order valence-corrected chi connectivity index (χ4v) is 3.45. The van der Waals surface area contributed by atoms with E-state index in [0.717, 1.165) is 5.69 Å². The van der Waals surface area contributed by atoms with E-state index in [0.29, 0.717) is 22.5 Å². The van der Waals surface area contributed by atoms with E-state index >= 15 is 0 Å².